The molecule has 0 spiro atoms. The fraction of sp³-hybridized carbons (Fsp3) is 0.231. The smallest absolute Gasteiger partial charge is 0.339 e. The fourth-order valence-electron chi connectivity index (χ4n) is 3.96. The highest BCUT2D eigenvalue weighted by molar-refractivity contribution is 5.94. The number of esters is 2. The molecule has 0 saturated carbocycles. The lowest BCUT2D eigenvalue weighted by Gasteiger charge is -2.15. The number of benzene rings is 2. The highest BCUT2D eigenvalue weighted by atomic mass is 16.5. The third kappa shape index (κ3) is 4.58. The van der Waals surface area contributed by atoms with Crippen LogP contribution in [0.3, 0.4) is 0 Å². The molecule has 0 amide bonds. The van der Waals surface area contributed by atoms with E-state index in [1.54, 1.807) is 43.5 Å². The molecule has 0 fully saturated rings. The molecular weight excluding hydrogens is 450 g/mol. The molecule has 0 N–H and O–H groups in total. The topological polar surface area (TPSA) is 106 Å². The number of nitrogens with zero attached hydrogens (tertiary/aromatic N) is 3. The summed E-state index contributed by atoms with van der Waals surface area (Å²) in [5.74, 6) is -0.297. The quantitative estimate of drug-likeness (QED) is 0.359. The molecule has 2 heterocycles. The summed E-state index contributed by atoms with van der Waals surface area (Å²) >= 11 is 0. The third-order valence-electron chi connectivity index (χ3n) is 5.70. The van der Waals surface area contributed by atoms with Crippen LogP contribution in [-0.4, -0.2) is 48.0 Å². The number of ether oxygens (including phenoxy) is 3. The highest BCUT2D eigenvalue weighted by Gasteiger charge is 2.21. The van der Waals surface area contributed by atoms with E-state index in [-0.39, 0.29) is 5.89 Å². The van der Waals surface area contributed by atoms with E-state index in [2.05, 4.69) is 10.2 Å². The standard InChI is InChI=1S/C26H25N3O6/c1-15-12-20(14-32-3)16(2)29(15)22-13-19(10-11-21(22)26(31)34-5)24-28-27-23(35-24)17-6-8-18(9-7-17)25(30)33-4/h6-13H,14H2,1-5H3. The number of rotatable bonds is 7. The van der Waals surface area contributed by atoms with Crippen LogP contribution in [0.15, 0.2) is 52.9 Å². The molecule has 2 aromatic carbocycles. The van der Waals surface area contributed by atoms with Crippen molar-refractivity contribution in [3.05, 3.63) is 76.6 Å². The van der Waals surface area contributed by atoms with Crippen LogP contribution in [0.5, 0.6) is 0 Å². The van der Waals surface area contributed by atoms with Gasteiger partial charge in [0.2, 0.25) is 11.8 Å². The van der Waals surface area contributed by atoms with Crippen molar-refractivity contribution in [1.82, 2.24) is 14.8 Å². The van der Waals surface area contributed by atoms with Gasteiger partial charge in [-0.3, -0.25) is 0 Å². The maximum Gasteiger partial charge on any atom is 0.339 e. The Balaban J connectivity index is 1.76. The van der Waals surface area contributed by atoms with E-state index in [9.17, 15) is 9.59 Å². The number of aryl methyl sites for hydroxylation is 1. The minimum atomic E-state index is -0.454. The van der Waals surface area contributed by atoms with Crippen LogP contribution in [0, 0.1) is 13.8 Å². The minimum Gasteiger partial charge on any atom is -0.465 e. The minimum absolute atomic E-state index is 0.286. The van der Waals surface area contributed by atoms with E-state index in [4.69, 9.17) is 18.6 Å². The lowest BCUT2D eigenvalue weighted by atomic mass is 10.1. The number of aromatic nitrogens is 3. The monoisotopic (exact) mass is 475 g/mol. The maximum atomic E-state index is 12.6. The second-order valence-electron chi connectivity index (χ2n) is 7.87. The number of carbonyl (C=O) groups excluding carboxylic acids is 2. The molecule has 4 aromatic rings. The molecule has 180 valence electrons. The second kappa shape index (κ2) is 9.94. The molecule has 0 radical (unpaired) electrons. The van der Waals surface area contributed by atoms with E-state index in [1.807, 2.05) is 30.5 Å². The van der Waals surface area contributed by atoms with Crippen molar-refractivity contribution >= 4 is 11.9 Å². The van der Waals surface area contributed by atoms with Gasteiger partial charge in [0.25, 0.3) is 0 Å². The van der Waals surface area contributed by atoms with Crippen LogP contribution in [0.1, 0.15) is 37.7 Å². The number of hydrogen-bond donors (Lipinski definition) is 0. The van der Waals surface area contributed by atoms with Crippen molar-refractivity contribution < 1.29 is 28.2 Å². The van der Waals surface area contributed by atoms with Gasteiger partial charge in [-0.1, -0.05) is 0 Å². The molecule has 35 heavy (non-hydrogen) atoms. The Labute approximate surface area is 202 Å². The maximum absolute atomic E-state index is 12.6. The predicted octanol–water partition coefficient (Wildman–Crippen LogP) is 4.53. The lowest BCUT2D eigenvalue weighted by molar-refractivity contribution is 0.0592. The first-order valence-corrected chi connectivity index (χ1v) is 10.8. The zero-order valence-electron chi connectivity index (χ0n) is 20.1. The molecule has 0 bridgehead atoms. The number of methoxy groups -OCH3 is 3. The van der Waals surface area contributed by atoms with Gasteiger partial charge in [0.1, 0.15) is 0 Å². The normalized spacial score (nSPS) is 10.9. The Kier molecular flexibility index (Phi) is 6.79. The van der Waals surface area contributed by atoms with Crippen molar-refractivity contribution in [2.45, 2.75) is 20.5 Å². The van der Waals surface area contributed by atoms with E-state index >= 15 is 0 Å². The Hall–Kier alpha value is -4.24. The molecular formula is C26H25N3O6. The van der Waals surface area contributed by atoms with Gasteiger partial charge in [-0.25, -0.2) is 9.59 Å². The summed E-state index contributed by atoms with van der Waals surface area (Å²) < 4.78 is 23.0. The summed E-state index contributed by atoms with van der Waals surface area (Å²) in [6, 6.07) is 13.9. The molecule has 4 rings (SSSR count). The summed E-state index contributed by atoms with van der Waals surface area (Å²) in [4.78, 5) is 24.2. The summed E-state index contributed by atoms with van der Waals surface area (Å²) in [5, 5.41) is 8.34. The first kappa shape index (κ1) is 23.9. The van der Waals surface area contributed by atoms with Crippen molar-refractivity contribution in [3.8, 4) is 28.6 Å². The van der Waals surface area contributed by atoms with Crippen molar-refractivity contribution in [2.75, 3.05) is 21.3 Å². The van der Waals surface area contributed by atoms with Gasteiger partial charge in [-0.05, 0) is 67.9 Å². The first-order chi connectivity index (χ1) is 16.9. The SMILES string of the molecule is COCc1cc(C)n(-c2cc(-c3nnc(-c4ccc(C(=O)OC)cc4)o3)ccc2C(=O)OC)c1C. The Bertz CT molecular complexity index is 1380. The Morgan fingerprint density at radius 3 is 2.11 bits per heavy atom. The van der Waals surface area contributed by atoms with E-state index in [0.717, 1.165) is 17.0 Å². The molecule has 0 aliphatic carbocycles. The van der Waals surface area contributed by atoms with Gasteiger partial charge in [-0.2, -0.15) is 0 Å². The Morgan fingerprint density at radius 2 is 1.49 bits per heavy atom. The largest absolute Gasteiger partial charge is 0.465 e. The van der Waals surface area contributed by atoms with Crippen molar-refractivity contribution in [3.63, 3.8) is 0 Å². The van der Waals surface area contributed by atoms with Crippen LogP contribution in [0.25, 0.3) is 28.6 Å². The summed E-state index contributed by atoms with van der Waals surface area (Å²) in [5.41, 5.74) is 5.65. The molecule has 0 saturated heterocycles. The van der Waals surface area contributed by atoms with Crippen molar-refractivity contribution in [1.29, 1.82) is 0 Å². The van der Waals surface area contributed by atoms with Crippen LogP contribution in [0.4, 0.5) is 0 Å². The fourth-order valence-corrected chi connectivity index (χ4v) is 3.96. The lowest BCUT2D eigenvalue weighted by Crippen LogP contribution is -2.10. The zero-order valence-corrected chi connectivity index (χ0v) is 20.1. The van der Waals surface area contributed by atoms with Crippen LogP contribution >= 0.6 is 0 Å². The van der Waals surface area contributed by atoms with Gasteiger partial charge < -0.3 is 23.2 Å². The van der Waals surface area contributed by atoms with Crippen LogP contribution in [0.2, 0.25) is 0 Å². The first-order valence-electron chi connectivity index (χ1n) is 10.8. The number of carbonyl (C=O) groups is 2. The van der Waals surface area contributed by atoms with E-state index in [0.29, 0.717) is 40.4 Å². The Morgan fingerprint density at radius 1 is 0.857 bits per heavy atom. The molecule has 2 aromatic heterocycles. The van der Waals surface area contributed by atoms with Gasteiger partial charge in [0.05, 0.1) is 37.6 Å². The van der Waals surface area contributed by atoms with Crippen LogP contribution < -0.4 is 0 Å². The molecule has 0 aliphatic rings. The molecule has 9 heteroatoms. The molecule has 0 aliphatic heterocycles. The van der Waals surface area contributed by atoms with Gasteiger partial charge in [0.15, 0.2) is 0 Å². The number of hydrogen-bond acceptors (Lipinski definition) is 8. The summed E-state index contributed by atoms with van der Waals surface area (Å²) in [6.45, 7) is 4.38. The molecule has 0 atom stereocenters. The average Bonchev–Trinajstić information content (AvgIpc) is 3.48. The molecule has 0 unspecified atom stereocenters. The molecule has 9 nitrogen and oxygen atoms in total. The van der Waals surface area contributed by atoms with Gasteiger partial charge >= 0.3 is 11.9 Å². The van der Waals surface area contributed by atoms with Gasteiger partial charge in [-0.15, -0.1) is 10.2 Å². The average molecular weight is 476 g/mol. The van der Waals surface area contributed by atoms with E-state index in [1.165, 1.54) is 14.2 Å². The van der Waals surface area contributed by atoms with Crippen molar-refractivity contribution in [2.24, 2.45) is 0 Å². The predicted molar refractivity (Wildman–Crippen MR) is 127 cm³/mol. The second-order valence-corrected chi connectivity index (χ2v) is 7.87. The highest BCUT2D eigenvalue weighted by Crippen LogP contribution is 2.30. The summed E-state index contributed by atoms with van der Waals surface area (Å²) in [6.07, 6.45) is 0. The van der Waals surface area contributed by atoms with E-state index < -0.39 is 11.9 Å². The third-order valence-corrected chi connectivity index (χ3v) is 5.70. The summed E-state index contributed by atoms with van der Waals surface area (Å²) in [7, 11) is 4.32. The van der Waals surface area contributed by atoms with Gasteiger partial charge in [0, 0.05) is 29.6 Å². The zero-order chi connectivity index (χ0) is 25.1. The van der Waals surface area contributed by atoms with Crippen LogP contribution in [-0.2, 0) is 20.8 Å².